The van der Waals surface area contributed by atoms with E-state index in [1.807, 2.05) is 14.1 Å². The fourth-order valence-corrected chi connectivity index (χ4v) is 1.27. The second-order valence-corrected chi connectivity index (χ2v) is 3.77. The number of hydrogen-bond acceptors (Lipinski definition) is 4. The number of amidine groups is 1. The van der Waals surface area contributed by atoms with Crippen molar-refractivity contribution in [2.45, 2.75) is 6.42 Å². The smallest absolute Gasteiger partial charge is 0.148 e. The van der Waals surface area contributed by atoms with Gasteiger partial charge in [-0.25, -0.2) is 4.98 Å². The first-order valence-electron chi connectivity index (χ1n) is 5.18. The average Bonchev–Trinajstić information content (AvgIpc) is 2.24. The summed E-state index contributed by atoms with van der Waals surface area (Å²) in [5.74, 6) is 0.511. The van der Waals surface area contributed by atoms with E-state index in [1.165, 1.54) is 0 Å². The normalized spacial score (nSPS) is 10.4. The van der Waals surface area contributed by atoms with Crippen molar-refractivity contribution in [2.75, 3.05) is 27.2 Å². The van der Waals surface area contributed by atoms with Gasteiger partial charge in [0.05, 0.1) is 6.61 Å². The molecule has 16 heavy (non-hydrogen) atoms. The summed E-state index contributed by atoms with van der Waals surface area (Å²) in [6.45, 7) is 1.57. The third-order valence-corrected chi connectivity index (χ3v) is 2.03. The molecular formula is C11H18N4O. The van der Waals surface area contributed by atoms with E-state index in [0.717, 1.165) is 13.0 Å². The summed E-state index contributed by atoms with van der Waals surface area (Å²) in [5, 5.41) is 7.35. The lowest BCUT2D eigenvalue weighted by Gasteiger charge is -2.11. The third-order valence-electron chi connectivity index (χ3n) is 2.03. The summed E-state index contributed by atoms with van der Waals surface area (Å²) in [5.41, 5.74) is 5.81. The monoisotopic (exact) mass is 222 g/mol. The molecule has 1 aromatic heterocycles. The molecule has 1 aromatic rings. The Balaban J connectivity index is 2.50. The van der Waals surface area contributed by atoms with Gasteiger partial charge in [-0.1, -0.05) is 0 Å². The van der Waals surface area contributed by atoms with E-state index in [4.69, 9.17) is 15.9 Å². The lowest BCUT2D eigenvalue weighted by Crippen LogP contribution is -2.18. The molecule has 1 rings (SSSR count). The van der Waals surface area contributed by atoms with Crippen LogP contribution in [-0.4, -0.2) is 43.0 Å². The number of ether oxygens (including phenoxy) is 1. The largest absolute Gasteiger partial charge is 0.491 e. The molecule has 0 aliphatic heterocycles. The molecule has 0 aliphatic rings. The van der Waals surface area contributed by atoms with Crippen LogP contribution in [0.5, 0.6) is 5.75 Å². The summed E-state index contributed by atoms with van der Waals surface area (Å²) < 4.78 is 5.54. The van der Waals surface area contributed by atoms with E-state index >= 15 is 0 Å². The summed E-state index contributed by atoms with van der Waals surface area (Å²) in [4.78, 5) is 6.10. The Morgan fingerprint density at radius 3 is 2.94 bits per heavy atom. The van der Waals surface area contributed by atoms with Crippen LogP contribution >= 0.6 is 0 Å². The molecule has 5 heteroatoms. The standard InChI is InChI=1S/C11H18N4O/c1-15(2)7-4-8-16-9-5-3-6-14-10(9)11(12)13/h3,5-6H,4,7-8H2,1-2H3,(H3,12,13). The van der Waals surface area contributed by atoms with Gasteiger partial charge in [0.25, 0.3) is 0 Å². The van der Waals surface area contributed by atoms with Gasteiger partial charge in [-0.2, -0.15) is 0 Å². The van der Waals surface area contributed by atoms with Gasteiger partial charge in [0, 0.05) is 12.7 Å². The number of rotatable bonds is 6. The molecule has 5 nitrogen and oxygen atoms in total. The molecule has 0 aliphatic carbocycles. The highest BCUT2D eigenvalue weighted by atomic mass is 16.5. The zero-order valence-electron chi connectivity index (χ0n) is 9.73. The first kappa shape index (κ1) is 12.4. The summed E-state index contributed by atoms with van der Waals surface area (Å²) >= 11 is 0. The Labute approximate surface area is 95.7 Å². The third kappa shape index (κ3) is 3.86. The molecule has 0 saturated carbocycles. The molecule has 0 fully saturated rings. The Morgan fingerprint density at radius 2 is 2.31 bits per heavy atom. The molecule has 0 aromatic carbocycles. The fourth-order valence-electron chi connectivity index (χ4n) is 1.27. The molecule has 0 saturated heterocycles. The van der Waals surface area contributed by atoms with Crippen LogP contribution in [0.25, 0.3) is 0 Å². The SMILES string of the molecule is CN(C)CCCOc1cccnc1C(=N)N. The molecule has 3 N–H and O–H groups in total. The Hall–Kier alpha value is -1.62. The van der Waals surface area contributed by atoms with Crippen LogP contribution in [0.4, 0.5) is 0 Å². The van der Waals surface area contributed by atoms with Gasteiger partial charge in [0.2, 0.25) is 0 Å². The molecule has 0 unspecified atom stereocenters. The van der Waals surface area contributed by atoms with E-state index in [-0.39, 0.29) is 5.84 Å². The maximum Gasteiger partial charge on any atom is 0.148 e. The van der Waals surface area contributed by atoms with Crippen molar-refractivity contribution < 1.29 is 4.74 Å². The van der Waals surface area contributed by atoms with E-state index < -0.39 is 0 Å². The van der Waals surface area contributed by atoms with Crippen LogP contribution in [0.1, 0.15) is 12.1 Å². The van der Waals surface area contributed by atoms with Gasteiger partial charge in [-0.3, -0.25) is 5.41 Å². The maximum absolute atomic E-state index is 7.35. The second-order valence-electron chi connectivity index (χ2n) is 3.77. The summed E-state index contributed by atoms with van der Waals surface area (Å²) in [6.07, 6.45) is 2.53. The number of nitrogens with zero attached hydrogens (tertiary/aromatic N) is 2. The quantitative estimate of drug-likeness (QED) is 0.422. The first-order chi connectivity index (χ1) is 7.61. The number of pyridine rings is 1. The van der Waals surface area contributed by atoms with Crippen molar-refractivity contribution in [3.05, 3.63) is 24.0 Å². The van der Waals surface area contributed by atoms with Gasteiger partial charge in [0.1, 0.15) is 17.3 Å². The number of nitrogen functional groups attached to an aromatic ring is 1. The van der Waals surface area contributed by atoms with Gasteiger partial charge < -0.3 is 15.4 Å². The van der Waals surface area contributed by atoms with Crippen molar-refractivity contribution in [3.63, 3.8) is 0 Å². The Kier molecular flexibility index (Phi) is 4.72. The average molecular weight is 222 g/mol. The van der Waals surface area contributed by atoms with Crippen LogP contribution < -0.4 is 10.5 Å². The van der Waals surface area contributed by atoms with Crippen LogP contribution in [0, 0.1) is 5.41 Å². The van der Waals surface area contributed by atoms with Crippen LogP contribution in [0.2, 0.25) is 0 Å². The number of hydrogen-bond donors (Lipinski definition) is 2. The highest BCUT2D eigenvalue weighted by molar-refractivity contribution is 5.95. The van der Waals surface area contributed by atoms with E-state index in [2.05, 4.69) is 9.88 Å². The van der Waals surface area contributed by atoms with E-state index in [1.54, 1.807) is 18.3 Å². The van der Waals surface area contributed by atoms with E-state index in [9.17, 15) is 0 Å². The van der Waals surface area contributed by atoms with Crippen molar-refractivity contribution in [3.8, 4) is 5.75 Å². The summed E-state index contributed by atoms with van der Waals surface area (Å²) in [6, 6.07) is 3.55. The predicted molar refractivity (Wildman–Crippen MR) is 63.9 cm³/mol. The highest BCUT2D eigenvalue weighted by Crippen LogP contribution is 2.14. The minimum Gasteiger partial charge on any atom is -0.491 e. The van der Waals surface area contributed by atoms with Crippen LogP contribution in [0.15, 0.2) is 18.3 Å². The number of aromatic nitrogens is 1. The zero-order valence-corrected chi connectivity index (χ0v) is 9.73. The van der Waals surface area contributed by atoms with Crippen molar-refractivity contribution in [2.24, 2.45) is 5.73 Å². The second kappa shape index (κ2) is 6.07. The predicted octanol–water partition coefficient (Wildman–Crippen LogP) is 0.696. The first-order valence-corrected chi connectivity index (χ1v) is 5.18. The number of nitrogens with one attached hydrogen (secondary N) is 1. The van der Waals surface area contributed by atoms with Crippen LogP contribution in [0.3, 0.4) is 0 Å². The van der Waals surface area contributed by atoms with Gasteiger partial charge >= 0.3 is 0 Å². The maximum atomic E-state index is 7.35. The fraction of sp³-hybridized carbons (Fsp3) is 0.455. The van der Waals surface area contributed by atoms with Crippen LogP contribution in [-0.2, 0) is 0 Å². The minimum absolute atomic E-state index is 0.0665. The Bertz CT molecular complexity index is 352. The van der Waals surface area contributed by atoms with Gasteiger partial charge in [-0.05, 0) is 32.6 Å². The Morgan fingerprint density at radius 1 is 1.56 bits per heavy atom. The molecule has 0 atom stereocenters. The molecule has 1 heterocycles. The minimum atomic E-state index is -0.0665. The number of nitrogens with two attached hydrogens (primary N) is 1. The lowest BCUT2D eigenvalue weighted by molar-refractivity contribution is 0.280. The van der Waals surface area contributed by atoms with Gasteiger partial charge in [-0.15, -0.1) is 0 Å². The van der Waals surface area contributed by atoms with Gasteiger partial charge in [0.15, 0.2) is 0 Å². The molecule has 0 amide bonds. The van der Waals surface area contributed by atoms with Crippen molar-refractivity contribution >= 4 is 5.84 Å². The summed E-state index contributed by atoms with van der Waals surface area (Å²) in [7, 11) is 4.04. The molecule has 0 radical (unpaired) electrons. The lowest BCUT2D eigenvalue weighted by atomic mass is 10.3. The molecule has 0 spiro atoms. The molecular weight excluding hydrogens is 204 g/mol. The molecule has 88 valence electrons. The molecule has 0 bridgehead atoms. The zero-order chi connectivity index (χ0) is 12.0. The topological polar surface area (TPSA) is 75.2 Å². The highest BCUT2D eigenvalue weighted by Gasteiger charge is 2.06. The van der Waals surface area contributed by atoms with Crippen molar-refractivity contribution in [1.29, 1.82) is 5.41 Å². The van der Waals surface area contributed by atoms with Crippen molar-refractivity contribution in [1.82, 2.24) is 9.88 Å². The van der Waals surface area contributed by atoms with E-state index in [0.29, 0.717) is 18.1 Å².